The Morgan fingerprint density at radius 3 is 2.88 bits per heavy atom. The Balaban J connectivity index is 2.23. The minimum absolute atomic E-state index is 0.718. The van der Waals surface area contributed by atoms with Gasteiger partial charge in [0.1, 0.15) is 0 Å². The number of hydrogen-bond donors (Lipinski definition) is 1. The lowest BCUT2D eigenvalue weighted by molar-refractivity contribution is 0.144. The van der Waals surface area contributed by atoms with Crippen LogP contribution >= 0.6 is 23.2 Å². The first-order chi connectivity index (χ1) is 7.74. The third kappa shape index (κ3) is 5.17. The Hall–Kier alpha value is -0.280. The maximum Gasteiger partial charge on any atom is 0.0477 e. The zero-order valence-electron chi connectivity index (χ0n) is 9.43. The monoisotopic (exact) mass is 261 g/mol. The predicted molar refractivity (Wildman–Crippen MR) is 69.3 cm³/mol. The predicted octanol–water partition coefficient (Wildman–Crippen LogP) is 3.51. The highest BCUT2D eigenvalue weighted by atomic mass is 35.5. The molecule has 0 heterocycles. The quantitative estimate of drug-likeness (QED) is 0.759. The van der Waals surface area contributed by atoms with Crippen LogP contribution in [0.3, 0.4) is 0 Å². The van der Waals surface area contributed by atoms with Gasteiger partial charge < -0.3 is 10.1 Å². The van der Waals surface area contributed by atoms with Gasteiger partial charge in [0.25, 0.3) is 0 Å². The van der Waals surface area contributed by atoms with Crippen LogP contribution in [0, 0.1) is 0 Å². The molecular formula is C12H17Cl2NO. The summed E-state index contributed by atoms with van der Waals surface area (Å²) in [4.78, 5) is 0. The Morgan fingerprint density at radius 2 is 2.12 bits per heavy atom. The maximum absolute atomic E-state index is 6.04. The summed E-state index contributed by atoms with van der Waals surface area (Å²) in [6.45, 7) is 5.24. The molecule has 0 saturated carbocycles. The molecule has 0 aliphatic carbocycles. The summed E-state index contributed by atoms with van der Waals surface area (Å²) in [5, 5.41) is 4.78. The molecule has 0 aliphatic heterocycles. The number of benzene rings is 1. The van der Waals surface area contributed by atoms with Crippen molar-refractivity contribution in [2.24, 2.45) is 0 Å². The van der Waals surface area contributed by atoms with Gasteiger partial charge in [-0.25, -0.2) is 0 Å². The van der Waals surface area contributed by atoms with Crippen LogP contribution in [0.2, 0.25) is 10.0 Å². The fraction of sp³-hybridized carbons (Fsp3) is 0.500. The molecule has 0 bridgehead atoms. The first kappa shape index (κ1) is 13.8. The van der Waals surface area contributed by atoms with Crippen molar-refractivity contribution in [3.05, 3.63) is 33.8 Å². The van der Waals surface area contributed by atoms with Crippen LogP contribution in [0.1, 0.15) is 18.9 Å². The van der Waals surface area contributed by atoms with Crippen LogP contribution in [0.4, 0.5) is 0 Å². The van der Waals surface area contributed by atoms with E-state index in [2.05, 4.69) is 5.32 Å². The van der Waals surface area contributed by atoms with Gasteiger partial charge in [0.2, 0.25) is 0 Å². The third-order valence-electron chi connectivity index (χ3n) is 2.17. The topological polar surface area (TPSA) is 21.3 Å². The summed E-state index contributed by atoms with van der Waals surface area (Å²) in [6.07, 6.45) is 1.01. The molecule has 0 unspecified atom stereocenters. The highest BCUT2D eigenvalue weighted by molar-refractivity contribution is 6.33. The zero-order valence-corrected chi connectivity index (χ0v) is 10.9. The number of nitrogens with one attached hydrogen (secondary N) is 1. The standard InChI is InChI=1S/C12H17Cl2NO/c1-2-16-7-3-6-15-9-10-8-11(13)4-5-12(10)14/h4-5,8,15H,2-3,6-7,9H2,1H3. The van der Waals surface area contributed by atoms with Crippen molar-refractivity contribution in [3.8, 4) is 0 Å². The molecule has 1 N–H and O–H groups in total. The van der Waals surface area contributed by atoms with E-state index in [1.807, 2.05) is 19.1 Å². The number of hydrogen-bond acceptors (Lipinski definition) is 2. The summed E-state index contributed by atoms with van der Waals surface area (Å²) in [6, 6.07) is 5.50. The van der Waals surface area contributed by atoms with Gasteiger partial charge in [-0.05, 0) is 43.7 Å². The van der Waals surface area contributed by atoms with E-state index >= 15 is 0 Å². The van der Waals surface area contributed by atoms with Crippen LogP contribution in [0.15, 0.2) is 18.2 Å². The minimum atomic E-state index is 0.718. The molecule has 0 amide bonds. The molecule has 0 aliphatic rings. The average Bonchev–Trinajstić information content (AvgIpc) is 2.28. The molecule has 0 aromatic heterocycles. The Bertz CT molecular complexity index is 318. The van der Waals surface area contributed by atoms with Crippen molar-refractivity contribution in [2.45, 2.75) is 19.9 Å². The fourth-order valence-corrected chi connectivity index (χ4v) is 1.72. The van der Waals surface area contributed by atoms with Crippen molar-refractivity contribution in [2.75, 3.05) is 19.8 Å². The van der Waals surface area contributed by atoms with E-state index in [9.17, 15) is 0 Å². The summed E-state index contributed by atoms with van der Waals surface area (Å²) in [5.41, 5.74) is 1.03. The van der Waals surface area contributed by atoms with Crippen molar-refractivity contribution < 1.29 is 4.74 Å². The number of halogens is 2. The van der Waals surface area contributed by atoms with Gasteiger partial charge in [0.05, 0.1) is 0 Å². The van der Waals surface area contributed by atoms with Crippen LogP contribution in [0.25, 0.3) is 0 Å². The molecule has 0 atom stereocenters. The van der Waals surface area contributed by atoms with E-state index in [1.54, 1.807) is 6.07 Å². The zero-order chi connectivity index (χ0) is 11.8. The maximum atomic E-state index is 6.04. The molecule has 16 heavy (non-hydrogen) atoms. The Labute approximate surface area is 107 Å². The highest BCUT2D eigenvalue weighted by Gasteiger charge is 2.00. The fourth-order valence-electron chi connectivity index (χ4n) is 1.35. The van der Waals surface area contributed by atoms with E-state index < -0.39 is 0 Å². The van der Waals surface area contributed by atoms with E-state index in [-0.39, 0.29) is 0 Å². The second-order valence-electron chi connectivity index (χ2n) is 3.46. The molecule has 0 saturated heterocycles. The molecular weight excluding hydrogens is 245 g/mol. The van der Waals surface area contributed by atoms with Crippen LogP contribution in [0.5, 0.6) is 0 Å². The molecule has 0 spiro atoms. The highest BCUT2D eigenvalue weighted by Crippen LogP contribution is 2.20. The molecule has 4 heteroatoms. The third-order valence-corrected chi connectivity index (χ3v) is 2.77. The van der Waals surface area contributed by atoms with Gasteiger partial charge in [-0.3, -0.25) is 0 Å². The lowest BCUT2D eigenvalue weighted by atomic mass is 10.2. The van der Waals surface area contributed by atoms with Gasteiger partial charge in [-0.15, -0.1) is 0 Å². The van der Waals surface area contributed by atoms with Crippen molar-refractivity contribution in [1.29, 1.82) is 0 Å². The van der Waals surface area contributed by atoms with E-state index in [4.69, 9.17) is 27.9 Å². The van der Waals surface area contributed by atoms with E-state index in [0.717, 1.165) is 48.3 Å². The lowest BCUT2D eigenvalue weighted by Gasteiger charge is -2.07. The average molecular weight is 262 g/mol. The smallest absolute Gasteiger partial charge is 0.0477 e. The number of rotatable bonds is 7. The van der Waals surface area contributed by atoms with E-state index in [0.29, 0.717) is 0 Å². The van der Waals surface area contributed by atoms with Crippen molar-refractivity contribution in [1.82, 2.24) is 5.32 Å². The van der Waals surface area contributed by atoms with Gasteiger partial charge in [-0.2, -0.15) is 0 Å². The Kier molecular flexibility index (Phi) is 6.81. The molecule has 0 radical (unpaired) electrons. The van der Waals surface area contributed by atoms with Gasteiger partial charge in [0, 0.05) is 29.8 Å². The first-order valence-corrected chi connectivity index (χ1v) is 6.22. The van der Waals surface area contributed by atoms with Crippen LogP contribution in [-0.2, 0) is 11.3 Å². The summed E-state index contributed by atoms with van der Waals surface area (Å²) < 4.78 is 5.24. The van der Waals surface area contributed by atoms with Crippen LogP contribution in [-0.4, -0.2) is 19.8 Å². The first-order valence-electron chi connectivity index (χ1n) is 5.46. The SMILES string of the molecule is CCOCCCNCc1cc(Cl)ccc1Cl. The molecule has 90 valence electrons. The largest absolute Gasteiger partial charge is 0.382 e. The molecule has 1 aromatic carbocycles. The lowest BCUT2D eigenvalue weighted by Crippen LogP contribution is -2.16. The van der Waals surface area contributed by atoms with Gasteiger partial charge >= 0.3 is 0 Å². The van der Waals surface area contributed by atoms with Gasteiger partial charge in [-0.1, -0.05) is 23.2 Å². The second-order valence-corrected chi connectivity index (χ2v) is 4.31. The molecule has 0 fully saturated rings. The summed E-state index contributed by atoms with van der Waals surface area (Å²) in [5.74, 6) is 0. The van der Waals surface area contributed by atoms with E-state index in [1.165, 1.54) is 0 Å². The second kappa shape index (κ2) is 7.91. The Morgan fingerprint density at radius 1 is 1.31 bits per heavy atom. The number of ether oxygens (including phenoxy) is 1. The summed E-state index contributed by atoms with van der Waals surface area (Å²) >= 11 is 11.9. The van der Waals surface area contributed by atoms with Gasteiger partial charge in [0.15, 0.2) is 0 Å². The molecule has 1 aromatic rings. The normalized spacial score (nSPS) is 10.7. The van der Waals surface area contributed by atoms with Crippen molar-refractivity contribution in [3.63, 3.8) is 0 Å². The van der Waals surface area contributed by atoms with Crippen molar-refractivity contribution >= 4 is 23.2 Å². The summed E-state index contributed by atoms with van der Waals surface area (Å²) in [7, 11) is 0. The molecule has 1 rings (SSSR count). The van der Waals surface area contributed by atoms with Crippen LogP contribution < -0.4 is 5.32 Å². The minimum Gasteiger partial charge on any atom is -0.382 e. The molecule has 2 nitrogen and oxygen atoms in total.